The van der Waals surface area contributed by atoms with Gasteiger partial charge in [0.1, 0.15) is 0 Å². The van der Waals surface area contributed by atoms with E-state index in [2.05, 4.69) is 24.1 Å². The molecule has 2 heteroatoms. The number of nitrogens with zero attached hydrogens (tertiary/aromatic N) is 1. The van der Waals surface area contributed by atoms with Gasteiger partial charge in [-0.3, -0.25) is 4.90 Å². The topological polar surface area (TPSA) is 15.3 Å². The summed E-state index contributed by atoms with van der Waals surface area (Å²) in [6.07, 6.45) is 9.93. The fourth-order valence-corrected chi connectivity index (χ4v) is 3.38. The minimum Gasteiger partial charge on any atom is -0.312 e. The van der Waals surface area contributed by atoms with Gasteiger partial charge in [-0.05, 0) is 58.0 Å². The Morgan fingerprint density at radius 1 is 1.18 bits per heavy atom. The van der Waals surface area contributed by atoms with Crippen LogP contribution in [0.2, 0.25) is 0 Å². The summed E-state index contributed by atoms with van der Waals surface area (Å²) >= 11 is 0. The second-order valence-corrected chi connectivity index (χ2v) is 6.15. The van der Waals surface area contributed by atoms with Crippen molar-refractivity contribution < 1.29 is 0 Å². The zero-order valence-electron chi connectivity index (χ0n) is 11.8. The van der Waals surface area contributed by atoms with E-state index in [-0.39, 0.29) is 0 Å². The number of likely N-dealkylation sites (tertiary alicyclic amines) is 1. The van der Waals surface area contributed by atoms with E-state index in [4.69, 9.17) is 0 Å². The summed E-state index contributed by atoms with van der Waals surface area (Å²) in [5.41, 5.74) is 0. The minimum atomic E-state index is 0.762. The first-order chi connectivity index (χ1) is 8.29. The number of piperidine rings is 1. The van der Waals surface area contributed by atoms with Gasteiger partial charge in [-0.25, -0.2) is 0 Å². The van der Waals surface area contributed by atoms with E-state index in [1.807, 2.05) is 0 Å². The maximum atomic E-state index is 3.83. The highest BCUT2D eigenvalue weighted by Gasteiger charge is 2.23. The Hall–Kier alpha value is -0.0800. The van der Waals surface area contributed by atoms with Gasteiger partial charge in [-0.2, -0.15) is 0 Å². The van der Waals surface area contributed by atoms with Crippen molar-refractivity contribution in [1.29, 1.82) is 0 Å². The molecule has 1 aliphatic heterocycles. The second kappa shape index (κ2) is 6.75. The van der Waals surface area contributed by atoms with E-state index >= 15 is 0 Å². The third kappa shape index (κ3) is 3.96. The molecular formula is C15H30N2. The molecule has 2 atom stereocenters. The van der Waals surface area contributed by atoms with Gasteiger partial charge in [0.2, 0.25) is 0 Å². The van der Waals surface area contributed by atoms with E-state index in [0.29, 0.717) is 0 Å². The molecule has 0 aromatic rings. The van der Waals surface area contributed by atoms with Crippen molar-refractivity contribution in [1.82, 2.24) is 10.2 Å². The van der Waals surface area contributed by atoms with Crippen LogP contribution in [-0.2, 0) is 0 Å². The highest BCUT2D eigenvalue weighted by Crippen LogP contribution is 2.24. The van der Waals surface area contributed by atoms with Crippen LogP contribution < -0.4 is 5.32 Å². The Bertz CT molecular complexity index is 211. The van der Waals surface area contributed by atoms with Crippen molar-refractivity contribution in [2.45, 2.75) is 70.9 Å². The van der Waals surface area contributed by atoms with Crippen molar-refractivity contribution in [2.75, 3.05) is 19.6 Å². The first-order valence-corrected chi connectivity index (χ1v) is 7.77. The van der Waals surface area contributed by atoms with E-state index in [9.17, 15) is 0 Å². The summed E-state index contributed by atoms with van der Waals surface area (Å²) in [6, 6.07) is 1.53. The van der Waals surface area contributed by atoms with Gasteiger partial charge in [0.15, 0.2) is 0 Å². The summed E-state index contributed by atoms with van der Waals surface area (Å²) in [5, 5.41) is 3.83. The predicted molar refractivity (Wildman–Crippen MR) is 74.3 cm³/mol. The molecule has 2 aliphatic rings. The fraction of sp³-hybridized carbons (Fsp3) is 1.00. The number of rotatable bonds is 5. The summed E-state index contributed by atoms with van der Waals surface area (Å²) in [6.45, 7) is 8.55. The molecule has 0 spiro atoms. The molecule has 1 saturated heterocycles. The average molecular weight is 238 g/mol. The SMILES string of the molecule is CCC(C)N1CCCC(NCC2CCCC2)C1. The van der Waals surface area contributed by atoms with Gasteiger partial charge in [-0.15, -0.1) is 0 Å². The molecule has 17 heavy (non-hydrogen) atoms. The molecule has 1 heterocycles. The standard InChI is InChI=1S/C15H30N2/c1-3-13(2)17-10-6-9-15(12-17)16-11-14-7-4-5-8-14/h13-16H,3-12H2,1-2H3. The molecule has 2 nitrogen and oxygen atoms in total. The van der Waals surface area contributed by atoms with Gasteiger partial charge in [0.25, 0.3) is 0 Å². The zero-order chi connectivity index (χ0) is 12.1. The lowest BCUT2D eigenvalue weighted by Gasteiger charge is -2.37. The molecule has 1 N–H and O–H groups in total. The highest BCUT2D eigenvalue weighted by atomic mass is 15.2. The van der Waals surface area contributed by atoms with Crippen LogP contribution in [0, 0.1) is 5.92 Å². The molecule has 0 aromatic heterocycles. The zero-order valence-corrected chi connectivity index (χ0v) is 11.8. The van der Waals surface area contributed by atoms with Crippen molar-refractivity contribution in [3.63, 3.8) is 0 Å². The molecule has 1 saturated carbocycles. The predicted octanol–water partition coefficient (Wildman–Crippen LogP) is 3.03. The van der Waals surface area contributed by atoms with E-state index < -0.39 is 0 Å². The first-order valence-electron chi connectivity index (χ1n) is 7.77. The number of hydrogen-bond donors (Lipinski definition) is 1. The molecule has 0 amide bonds. The van der Waals surface area contributed by atoms with E-state index in [0.717, 1.165) is 18.0 Å². The van der Waals surface area contributed by atoms with Crippen LogP contribution >= 0.6 is 0 Å². The van der Waals surface area contributed by atoms with Gasteiger partial charge in [-0.1, -0.05) is 19.8 Å². The van der Waals surface area contributed by atoms with Gasteiger partial charge < -0.3 is 5.32 Å². The van der Waals surface area contributed by atoms with E-state index in [1.165, 1.54) is 64.6 Å². The molecular weight excluding hydrogens is 208 g/mol. The summed E-state index contributed by atoms with van der Waals surface area (Å²) < 4.78 is 0. The van der Waals surface area contributed by atoms with Crippen LogP contribution in [0.3, 0.4) is 0 Å². The normalized spacial score (nSPS) is 29.6. The van der Waals surface area contributed by atoms with Gasteiger partial charge in [0, 0.05) is 18.6 Å². The molecule has 2 rings (SSSR count). The Morgan fingerprint density at radius 2 is 1.94 bits per heavy atom. The quantitative estimate of drug-likeness (QED) is 0.792. The van der Waals surface area contributed by atoms with Gasteiger partial charge >= 0.3 is 0 Å². The summed E-state index contributed by atoms with van der Waals surface area (Å²) in [4.78, 5) is 2.68. The largest absolute Gasteiger partial charge is 0.312 e. The molecule has 0 aromatic carbocycles. The maximum Gasteiger partial charge on any atom is 0.0195 e. The highest BCUT2D eigenvalue weighted by molar-refractivity contribution is 4.82. The molecule has 100 valence electrons. The lowest BCUT2D eigenvalue weighted by atomic mass is 10.0. The Morgan fingerprint density at radius 3 is 2.65 bits per heavy atom. The minimum absolute atomic E-state index is 0.762. The van der Waals surface area contributed by atoms with Crippen molar-refractivity contribution >= 4 is 0 Å². The smallest absolute Gasteiger partial charge is 0.0195 e. The van der Waals surface area contributed by atoms with Crippen molar-refractivity contribution in [3.8, 4) is 0 Å². The van der Waals surface area contributed by atoms with Crippen molar-refractivity contribution in [3.05, 3.63) is 0 Å². The maximum absolute atomic E-state index is 3.83. The van der Waals surface area contributed by atoms with Crippen LogP contribution in [0.5, 0.6) is 0 Å². The molecule has 0 bridgehead atoms. The van der Waals surface area contributed by atoms with Crippen LogP contribution in [0.1, 0.15) is 58.8 Å². The van der Waals surface area contributed by atoms with Crippen LogP contribution in [-0.4, -0.2) is 36.6 Å². The molecule has 0 radical (unpaired) electrons. The Balaban J connectivity index is 1.69. The molecule has 2 unspecified atom stereocenters. The van der Waals surface area contributed by atoms with Crippen LogP contribution in [0.15, 0.2) is 0 Å². The van der Waals surface area contributed by atoms with Crippen LogP contribution in [0.25, 0.3) is 0 Å². The molecule has 2 fully saturated rings. The Labute approximate surface area is 107 Å². The van der Waals surface area contributed by atoms with E-state index in [1.54, 1.807) is 0 Å². The summed E-state index contributed by atoms with van der Waals surface area (Å²) in [7, 11) is 0. The lowest BCUT2D eigenvalue weighted by molar-refractivity contribution is 0.140. The second-order valence-electron chi connectivity index (χ2n) is 6.15. The fourth-order valence-electron chi connectivity index (χ4n) is 3.38. The van der Waals surface area contributed by atoms with Crippen molar-refractivity contribution in [2.24, 2.45) is 5.92 Å². The lowest BCUT2D eigenvalue weighted by Crippen LogP contribution is -2.49. The number of nitrogens with one attached hydrogen (secondary N) is 1. The number of hydrogen-bond acceptors (Lipinski definition) is 2. The Kier molecular flexibility index (Phi) is 5.30. The van der Waals surface area contributed by atoms with Gasteiger partial charge in [0.05, 0.1) is 0 Å². The monoisotopic (exact) mass is 238 g/mol. The summed E-state index contributed by atoms with van der Waals surface area (Å²) in [5.74, 6) is 0.981. The average Bonchev–Trinajstić information content (AvgIpc) is 2.89. The molecule has 1 aliphatic carbocycles. The third-order valence-corrected chi connectivity index (χ3v) is 4.84. The first kappa shape index (κ1) is 13.4. The third-order valence-electron chi connectivity index (χ3n) is 4.84. The van der Waals surface area contributed by atoms with Crippen LogP contribution in [0.4, 0.5) is 0 Å².